The van der Waals surface area contributed by atoms with Gasteiger partial charge in [-0.05, 0) is 31.2 Å². The van der Waals surface area contributed by atoms with Gasteiger partial charge in [0.1, 0.15) is 5.65 Å². The second kappa shape index (κ2) is 8.29. The number of pyridine rings is 1. The van der Waals surface area contributed by atoms with E-state index in [1.807, 2.05) is 4.90 Å². The van der Waals surface area contributed by atoms with E-state index < -0.39 is 5.69 Å². The van der Waals surface area contributed by atoms with Crippen molar-refractivity contribution in [2.45, 2.75) is 43.9 Å². The van der Waals surface area contributed by atoms with E-state index in [0.717, 1.165) is 60.2 Å². The van der Waals surface area contributed by atoms with E-state index in [0.29, 0.717) is 16.8 Å². The van der Waals surface area contributed by atoms with Crippen LogP contribution >= 0.6 is 11.8 Å². The standard InChI is InChI=1S/C19H26N4O3S/c1-4-5-8-13-11-20-17-15(18(25)22(3)19(26)21(17)2)16(13)27-12-14(24)23-9-6-7-10-23/h11H,4-10,12H2,1-3H3. The molecule has 0 radical (unpaired) electrons. The van der Waals surface area contributed by atoms with Crippen LogP contribution in [-0.2, 0) is 25.3 Å². The van der Waals surface area contributed by atoms with Crippen LogP contribution in [0.25, 0.3) is 11.0 Å². The maximum atomic E-state index is 12.8. The van der Waals surface area contributed by atoms with Crippen molar-refractivity contribution in [3.8, 4) is 0 Å². The van der Waals surface area contributed by atoms with E-state index in [4.69, 9.17) is 0 Å². The maximum Gasteiger partial charge on any atom is 0.332 e. The molecule has 1 aliphatic rings. The van der Waals surface area contributed by atoms with Crippen molar-refractivity contribution in [2.24, 2.45) is 14.1 Å². The second-order valence-corrected chi connectivity index (χ2v) is 7.98. The fourth-order valence-corrected chi connectivity index (χ4v) is 4.56. The molecule has 3 rings (SSSR count). The zero-order valence-electron chi connectivity index (χ0n) is 16.2. The predicted molar refractivity (Wildman–Crippen MR) is 107 cm³/mol. The summed E-state index contributed by atoms with van der Waals surface area (Å²) < 4.78 is 2.51. The molecule has 0 bridgehead atoms. The molecule has 27 heavy (non-hydrogen) atoms. The Bertz CT molecular complexity index is 974. The summed E-state index contributed by atoms with van der Waals surface area (Å²) >= 11 is 1.40. The van der Waals surface area contributed by atoms with Gasteiger partial charge in [-0.1, -0.05) is 13.3 Å². The molecule has 1 fully saturated rings. The van der Waals surface area contributed by atoms with Crippen LogP contribution < -0.4 is 11.2 Å². The Hall–Kier alpha value is -2.09. The third kappa shape index (κ3) is 3.81. The van der Waals surface area contributed by atoms with Gasteiger partial charge in [-0.2, -0.15) is 0 Å². The third-order valence-corrected chi connectivity index (χ3v) is 6.24. The normalized spacial score (nSPS) is 14.3. The molecule has 1 aliphatic heterocycles. The first kappa shape index (κ1) is 19.7. The number of hydrogen-bond donors (Lipinski definition) is 0. The summed E-state index contributed by atoms with van der Waals surface area (Å²) in [6, 6.07) is 0. The summed E-state index contributed by atoms with van der Waals surface area (Å²) in [6.45, 7) is 3.74. The van der Waals surface area contributed by atoms with Crippen molar-refractivity contribution in [1.82, 2.24) is 19.0 Å². The molecule has 0 N–H and O–H groups in total. The number of unbranched alkanes of at least 4 members (excludes halogenated alkanes) is 1. The van der Waals surface area contributed by atoms with Gasteiger partial charge in [-0.3, -0.25) is 18.7 Å². The number of aromatic nitrogens is 3. The zero-order valence-corrected chi connectivity index (χ0v) is 17.0. The Kier molecular flexibility index (Phi) is 6.04. The number of carbonyl (C=O) groups excluding carboxylic acids is 1. The second-order valence-electron chi connectivity index (χ2n) is 7.00. The van der Waals surface area contributed by atoms with Crippen molar-refractivity contribution in [1.29, 1.82) is 0 Å². The van der Waals surface area contributed by atoms with E-state index in [9.17, 15) is 14.4 Å². The Morgan fingerprint density at radius 3 is 2.56 bits per heavy atom. The molecule has 8 heteroatoms. The van der Waals surface area contributed by atoms with Crippen LogP contribution in [0.3, 0.4) is 0 Å². The Balaban J connectivity index is 2.06. The summed E-state index contributed by atoms with van der Waals surface area (Å²) in [7, 11) is 3.10. The third-order valence-electron chi connectivity index (χ3n) is 5.09. The van der Waals surface area contributed by atoms with Crippen LogP contribution in [0.2, 0.25) is 0 Å². The fraction of sp³-hybridized carbons (Fsp3) is 0.579. The van der Waals surface area contributed by atoms with Crippen molar-refractivity contribution in [3.63, 3.8) is 0 Å². The largest absolute Gasteiger partial charge is 0.342 e. The van der Waals surface area contributed by atoms with E-state index >= 15 is 0 Å². The number of rotatable bonds is 6. The van der Waals surface area contributed by atoms with Crippen LogP contribution in [0, 0.1) is 0 Å². The Labute approximate surface area is 162 Å². The number of thioether (sulfide) groups is 1. The summed E-state index contributed by atoms with van der Waals surface area (Å²) in [5.41, 5.74) is 0.597. The smallest absolute Gasteiger partial charge is 0.332 e. The van der Waals surface area contributed by atoms with Gasteiger partial charge in [0.25, 0.3) is 5.56 Å². The molecular formula is C19H26N4O3S. The summed E-state index contributed by atoms with van der Waals surface area (Å²) in [4.78, 5) is 44.7. The number of nitrogens with zero attached hydrogens (tertiary/aromatic N) is 4. The van der Waals surface area contributed by atoms with E-state index in [2.05, 4.69) is 11.9 Å². The van der Waals surface area contributed by atoms with Crippen LogP contribution in [0.15, 0.2) is 20.7 Å². The molecule has 7 nitrogen and oxygen atoms in total. The molecule has 0 aromatic carbocycles. The van der Waals surface area contributed by atoms with Crippen molar-refractivity contribution >= 4 is 28.7 Å². The van der Waals surface area contributed by atoms with Gasteiger partial charge < -0.3 is 4.90 Å². The molecule has 2 aromatic rings. The van der Waals surface area contributed by atoms with Crippen LogP contribution in [0.5, 0.6) is 0 Å². The summed E-state index contributed by atoms with van der Waals surface area (Å²) in [5, 5.41) is 0.437. The van der Waals surface area contributed by atoms with Crippen molar-refractivity contribution < 1.29 is 4.79 Å². The number of fused-ring (bicyclic) bond motifs is 1. The highest BCUT2D eigenvalue weighted by Gasteiger charge is 2.21. The molecule has 0 saturated carbocycles. The average Bonchev–Trinajstić information content (AvgIpc) is 3.21. The van der Waals surface area contributed by atoms with Gasteiger partial charge in [-0.25, -0.2) is 9.78 Å². The first-order chi connectivity index (χ1) is 13.0. The van der Waals surface area contributed by atoms with E-state index in [-0.39, 0.29) is 11.5 Å². The molecule has 0 unspecified atom stereocenters. The summed E-state index contributed by atoms with van der Waals surface area (Å²) in [5.74, 6) is 0.398. The minimum Gasteiger partial charge on any atom is -0.342 e. The van der Waals surface area contributed by atoms with Gasteiger partial charge in [0.2, 0.25) is 5.91 Å². The molecule has 0 spiro atoms. The van der Waals surface area contributed by atoms with Gasteiger partial charge in [0.05, 0.1) is 11.1 Å². The highest BCUT2D eigenvalue weighted by molar-refractivity contribution is 8.00. The number of likely N-dealkylation sites (tertiary alicyclic amines) is 1. The number of aryl methyl sites for hydroxylation is 2. The topological polar surface area (TPSA) is 77.2 Å². The van der Waals surface area contributed by atoms with E-state index in [1.165, 1.54) is 23.4 Å². The molecular weight excluding hydrogens is 364 g/mol. The van der Waals surface area contributed by atoms with Gasteiger partial charge in [-0.15, -0.1) is 11.8 Å². The van der Waals surface area contributed by atoms with Gasteiger partial charge in [0, 0.05) is 38.3 Å². The van der Waals surface area contributed by atoms with Crippen LogP contribution in [0.1, 0.15) is 38.2 Å². The Morgan fingerprint density at radius 2 is 1.89 bits per heavy atom. The molecule has 146 valence electrons. The lowest BCUT2D eigenvalue weighted by Crippen LogP contribution is -2.37. The van der Waals surface area contributed by atoms with Crippen LogP contribution in [-0.4, -0.2) is 43.8 Å². The SMILES string of the molecule is CCCCc1cnc2c(c1SCC(=O)N1CCCC1)c(=O)n(C)c(=O)n2C. The lowest BCUT2D eigenvalue weighted by molar-refractivity contribution is -0.127. The number of carbonyl (C=O) groups is 1. The fourth-order valence-electron chi connectivity index (χ4n) is 3.44. The average molecular weight is 391 g/mol. The predicted octanol–water partition coefficient (Wildman–Crippen LogP) is 1.69. The maximum absolute atomic E-state index is 12.8. The lowest BCUT2D eigenvalue weighted by Gasteiger charge is -2.17. The van der Waals surface area contributed by atoms with Gasteiger partial charge in [0.15, 0.2) is 0 Å². The monoisotopic (exact) mass is 390 g/mol. The molecule has 0 atom stereocenters. The number of amides is 1. The molecule has 3 heterocycles. The quantitative estimate of drug-likeness (QED) is 0.702. The minimum absolute atomic E-state index is 0.102. The first-order valence-electron chi connectivity index (χ1n) is 9.43. The van der Waals surface area contributed by atoms with Crippen molar-refractivity contribution in [3.05, 3.63) is 32.6 Å². The van der Waals surface area contributed by atoms with Crippen LogP contribution in [0.4, 0.5) is 0 Å². The number of hydrogen-bond acceptors (Lipinski definition) is 5. The molecule has 0 aliphatic carbocycles. The highest BCUT2D eigenvalue weighted by Crippen LogP contribution is 2.29. The zero-order chi connectivity index (χ0) is 19.6. The molecule has 1 amide bonds. The lowest BCUT2D eigenvalue weighted by atomic mass is 10.1. The van der Waals surface area contributed by atoms with Crippen molar-refractivity contribution in [2.75, 3.05) is 18.8 Å². The molecule has 1 saturated heterocycles. The Morgan fingerprint density at radius 1 is 1.19 bits per heavy atom. The summed E-state index contributed by atoms with van der Waals surface area (Å²) in [6.07, 6.45) is 6.66. The minimum atomic E-state index is -0.398. The highest BCUT2D eigenvalue weighted by atomic mass is 32.2. The first-order valence-corrected chi connectivity index (χ1v) is 10.4. The van der Waals surface area contributed by atoms with E-state index in [1.54, 1.807) is 13.2 Å². The molecule has 2 aromatic heterocycles. The van der Waals surface area contributed by atoms with Gasteiger partial charge >= 0.3 is 5.69 Å².